The van der Waals surface area contributed by atoms with Gasteiger partial charge in [-0.25, -0.2) is 13.2 Å². The minimum absolute atomic E-state index is 0.203. The summed E-state index contributed by atoms with van der Waals surface area (Å²) >= 11 is 0. The number of rotatable bonds is 7. The van der Waals surface area contributed by atoms with Crippen LogP contribution >= 0.6 is 0 Å². The molecule has 0 amide bonds. The Morgan fingerprint density at radius 2 is 1.95 bits per heavy atom. The second-order valence-electron chi connectivity index (χ2n) is 3.98. The third-order valence-electron chi connectivity index (χ3n) is 2.46. The normalized spacial score (nSPS) is 13.6. The third-order valence-corrected chi connectivity index (χ3v) is 2.46. The van der Waals surface area contributed by atoms with E-state index in [0.717, 1.165) is 6.07 Å². The molecule has 0 fully saturated rings. The summed E-state index contributed by atoms with van der Waals surface area (Å²) in [7, 11) is 1.32. The highest BCUT2D eigenvalue weighted by Crippen LogP contribution is 2.25. The molecule has 1 aromatic rings. The number of halogens is 5. The molecule has 0 aromatic heterocycles. The van der Waals surface area contributed by atoms with Crippen LogP contribution in [0, 0.1) is 5.82 Å². The highest BCUT2D eigenvalue weighted by Gasteiger charge is 2.41. The summed E-state index contributed by atoms with van der Waals surface area (Å²) in [6.07, 6.45) is -5.41. The molecule has 1 rings (SSSR count). The fraction of sp³-hybridized carbons (Fsp3) is 0.500. The molecule has 1 aromatic carbocycles. The minimum Gasteiger partial charge on any atom is -0.497 e. The van der Waals surface area contributed by atoms with Crippen molar-refractivity contribution in [3.8, 4) is 5.75 Å². The van der Waals surface area contributed by atoms with Gasteiger partial charge < -0.3 is 14.6 Å². The molecule has 0 saturated carbocycles. The van der Waals surface area contributed by atoms with Crippen LogP contribution in [0.15, 0.2) is 18.2 Å². The zero-order valence-electron chi connectivity index (χ0n) is 10.5. The largest absolute Gasteiger partial charge is 0.497 e. The predicted octanol–water partition coefficient (Wildman–Crippen LogP) is 2.78. The standard InChI is InChI=1S/C12H13F5O3/c1-19-7-2-3-8(9(13)4-7)10(18)5-20-6-12(16,17)11(14)15/h2-4,10-11,18H,5-6H2,1H3. The molecule has 1 N–H and O–H groups in total. The van der Waals surface area contributed by atoms with Crippen molar-refractivity contribution in [2.75, 3.05) is 20.3 Å². The number of alkyl halides is 4. The SMILES string of the molecule is COc1ccc(C(O)COCC(F)(F)C(F)F)c(F)c1. The number of hydrogen-bond acceptors (Lipinski definition) is 3. The Bertz CT molecular complexity index is 439. The molecule has 0 heterocycles. The van der Waals surface area contributed by atoms with E-state index in [2.05, 4.69) is 4.74 Å². The molecule has 3 nitrogen and oxygen atoms in total. The number of methoxy groups -OCH3 is 1. The second kappa shape index (κ2) is 6.85. The van der Waals surface area contributed by atoms with Crippen LogP contribution in [0.2, 0.25) is 0 Å². The Kier molecular flexibility index (Phi) is 5.70. The highest BCUT2D eigenvalue weighted by molar-refractivity contribution is 5.30. The summed E-state index contributed by atoms with van der Waals surface area (Å²) in [4.78, 5) is 0. The van der Waals surface area contributed by atoms with Crippen LogP contribution in [0.3, 0.4) is 0 Å². The number of aliphatic hydroxyl groups excluding tert-OH is 1. The van der Waals surface area contributed by atoms with Crippen LogP contribution in [0.4, 0.5) is 22.0 Å². The van der Waals surface area contributed by atoms with Crippen LogP contribution < -0.4 is 4.74 Å². The average Bonchev–Trinajstić information content (AvgIpc) is 2.37. The van der Waals surface area contributed by atoms with E-state index in [-0.39, 0.29) is 11.3 Å². The quantitative estimate of drug-likeness (QED) is 0.787. The first-order chi connectivity index (χ1) is 9.27. The lowest BCUT2D eigenvalue weighted by Gasteiger charge is -2.17. The van der Waals surface area contributed by atoms with Gasteiger partial charge in [-0.2, -0.15) is 8.78 Å². The summed E-state index contributed by atoms with van der Waals surface area (Å²) in [5, 5.41) is 9.56. The molecule has 0 aliphatic carbocycles. The summed E-state index contributed by atoms with van der Waals surface area (Å²) in [6, 6.07) is 3.54. The van der Waals surface area contributed by atoms with Crippen LogP contribution in [-0.2, 0) is 4.74 Å². The van der Waals surface area contributed by atoms with E-state index in [4.69, 9.17) is 4.74 Å². The molecular formula is C12H13F5O3. The monoisotopic (exact) mass is 300 g/mol. The average molecular weight is 300 g/mol. The van der Waals surface area contributed by atoms with Crippen molar-refractivity contribution in [3.05, 3.63) is 29.6 Å². The zero-order valence-corrected chi connectivity index (χ0v) is 10.5. The topological polar surface area (TPSA) is 38.7 Å². The molecule has 0 aliphatic heterocycles. The summed E-state index contributed by atoms with van der Waals surface area (Å²) in [5.74, 6) is -4.91. The van der Waals surface area contributed by atoms with Crippen molar-refractivity contribution in [3.63, 3.8) is 0 Å². The van der Waals surface area contributed by atoms with Crippen molar-refractivity contribution in [2.45, 2.75) is 18.5 Å². The van der Waals surface area contributed by atoms with Gasteiger partial charge in [-0.05, 0) is 12.1 Å². The molecule has 0 radical (unpaired) electrons. The fourth-order valence-corrected chi connectivity index (χ4v) is 1.36. The highest BCUT2D eigenvalue weighted by atomic mass is 19.3. The number of aliphatic hydroxyl groups is 1. The predicted molar refractivity (Wildman–Crippen MR) is 59.7 cm³/mol. The van der Waals surface area contributed by atoms with Crippen molar-refractivity contribution in [1.82, 2.24) is 0 Å². The molecule has 20 heavy (non-hydrogen) atoms. The molecule has 0 aliphatic rings. The number of ether oxygens (including phenoxy) is 2. The molecule has 0 bridgehead atoms. The molecule has 0 spiro atoms. The molecule has 8 heteroatoms. The molecule has 114 valence electrons. The third kappa shape index (κ3) is 4.31. The van der Waals surface area contributed by atoms with E-state index in [1.54, 1.807) is 0 Å². The van der Waals surface area contributed by atoms with Gasteiger partial charge in [0.1, 0.15) is 24.3 Å². The number of hydrogen-bond donors (Lipinski definition) is 1. The Morgan fingerprint density at radius 1 is 1.30 bits per heavy atom. The fourth-order valence-electron chi connectivity index (χ4n) is 1.36. The first kappa shape index (κ1) is 16.6. The number of benzene rings is 1. The second-order valence-corrected chi connectivity index (χ2v) is 3.98. The molecule has 1 unspecified atom stereocenters. The maximum Gasteiger partial charge on any atom is 0.330 e. The lowest BCUT2D eigenvalue weighted by atomic mass is 10.1. The van der Waals surface area contributed by atoms with Crippen molar-refractivity contribution in [2.24, 2.45) is 0 Å². The first-order valence-electron chi connectivity index (χ1n) is 5.53. The van der Waals surface area contributed by atoms with Gasteiger partial charge in [-0.3, -0.25) is 0 Å². The van der Waals surface area contributed by atoms with E-state index in [1.165, 1.54) is 19.2 Å². The van der Waals surface area contributed by atoms with Gasteiger partial charge in [0.15, 0.2) is 0 Å². The van der Waals surface area contributed by atoms with E-state index in [9.17, 15) is 27.1 Å². The van der Waals surface area contributed by atoms with Crippen LogP contribution in [0.1, 0.15) is 11.7 Å². The van der Waals surface area contributed by atoms with Crippen molar-refractivity contribution >= 4 is 0 Å². The lowest BCUT2D eigenvalue weighted by molar-refractivity contribution is -0.170. The van der Waals surface area contributed by atoms with Gasteiger partial charge in [0, 0.05) is 11.6 Å². The zero-order chi connectivity index (χ0) is 15.3. The van der Waals surface area contributed by atoms with Gasteiger partial charge in [0.05, 0.1) is 13.7 Å². The Balaban J connectivity index is 2.57. The van der Waals surface area contributed by atoms with Gasteiger partial charge in [-0.15, -0.1) is 0 Å². The maximum absolute atomic E-state index is 13.5. The van der Waals surface area contributed by atoms with Gasteiger partial charge >= 0.3 is 12.3 Å². The Labute approximate surface area is 111 Å². The van der Waals surface area contributed by atoms with E-state index in [0.29, 0.717) is 0 Å². The Morgan fingerprint density at radius 3 is 2.45 bits per heavy atom. The van der Waals surface area contributed by atoms with E-state index in [1.807, 2.05) is 0 Å². The first-order valence-corrected chi connectivity index (χ1v) is 5.53. The molecule has 0 saturated heterocycles. The van der Waals surface area contributed by atoms with Crippen LogP contribution in [-0.4, -0.2) is 37.8 Å². The Hall–Kier alpha value is -1.41. The van der Waals surface area contributed by atoms with E-state index >= 15 is 0 Å². The van der Waals surface area contributed by atoms with Gasteiger partial charge in [-0.1, -0.05) is 0 Å². The van der Waals surface area contributed by atoms with Crippen LogP contribution in [0.5, 0.6) is 5.75 Å². The minimum atomic E-state index is -4.31. The summed E-state index contributed by atoms with van der Waals surface area (Å²) < 4.78 is 71.3. The lowest BCUT2D eigenvalue weighted by Crippen LogP contribution is -2.33. The summed E-state index contributed by atoms with van der Waals surface area (Å²) in [5.41, 5.74) is -0.203. The van der Waals surface area contributed by atoms with Crippen molar-refractivity contribution < 1.29 is 36.5 Å². The molecular weight excluding hydrogens is 287 g/mol. The van der Waals surface area contributed by atoms with Crippen molar-refractivity contribution in [1.29, 1.82) is 0 Å². The molecule has 1 atom stereocenters. The smallest absolute Gasteiger partial charge is 0.330 e. The van der Waals surface area contributed by atoms with E-state index < -0.39 is 37.5 Å². The van der Waals surface area contributed by atoms with Gasteiger partial charge in [0.2, 0.25) is 0 Å². The maximum atomic E-state index is 13.5. The summed E-state index contributed by atoms with van der Waals surface area (Å²) in [6.45, 7) is -2.29. The van der Waals surface area contributed by atoms with Gasteiger partial charge in [0.25, 0.3) is 0 Å². The van der Waals surface area contributed by atoms with Crippen LogP contribution in [0.25, 0.3) is 0 Å².